The van der Waals surface area contributed by atoms with E-state index in [0.29, 0.717) is 6.04 Å². The molecule has 0 bridgehead atoms. The summed E-state index contributed by atoms with van der Waals surface area (Å²) < 4.78 is 1.90. The van der Waals surface area contributed by atoms with Crippen LogP contribution < -0.4 is 5.32 Å². The van der Waals surface area contributed by atoms with E-state index in [1.165, 1.54) is 22.4 Å². The Morgan fingerprint density at radius 1 is 1.25 bits per heavy atom. The standard InChI is InChI=1S/C17H25N3/c1-5-17-16(12-20(4)19-17)11-18-14(3)10-15-9-7-6-8-13(15)2/h6-9,12,14,18H,5,10-11H2,1-4H3. The molecule has 0 aliphatic heterocycles. The Morgan fingerprint density at radius 2 is 2.00 bits per heavy atom. The van der Waals surface area contributed by atoms with Gasteiger partial charge in [-0.15, -0.1) is 0 Å². The molecule has 0 aliphatic rings. The Balaban J connectivity index is 1.92. The lowest BCUT2D eigenvalue weighted by atomic mass is 10.0. The SMILES string of the molecule is CCc1nn(C)cc1CNC(C)Cc1ccccc1C. The predicted octanol–water partition coefficient (Wildman–Crippen LogP) is 3.01. The zero-order valence-electron chi connectivity index (χ0n) is 13.0. The lowest BCUT2D eigenvalue weighted by Gasteiger charge is -2.15. The van der Waals surface area contributed by atoms with Crippen LogP contribution in [-0.4, -0.2) is 15.8 Å². The van der Waals surface area contributed by atoms with Crippen molar-refractivity contribution in [2.24, 2.45) is 7.05 Å². The van der Waals surface area contributed by atoms with Crippen LogP contribution in [0.1, 0.15) is 36.2 Å². The summed E-state index contributed by atoms with van der Waals surface area (Å²) >= 11 is 0. The van der Waals surface area contributed by atoms with E-state index < -0.39 is 0 Å². The number of benzene rings is 1. The first kappa shape index (κ1) is 14.8. The summed E-state index contributed by atoms with van der Waals surface area (Å²) in [5, 5.41) is 8.09. The van der Waals surface area contributed by atoms with Gasteiger partial charge in [0.25, 0.3) is 0 Å². The predicted molar refractivity (Wildman–Crippen MR) is 83.8 cm³/mol. The molecule has 108 valence electrons. The minimum Gasteiger partial charge on any atom is -0.310 e. The second-order valence-electron chi connectivity index (χ2n) is 5.54. The molecule has 1 unspecified atom stereocenters. The number of rotatable bonds is 6. The first-order chi connectivity index (χ1) is 9.60. The van der Waals surface area contributed by atoms with Crippen molar-refractivity contribution >= 4 is 0 Å². The van der Waals surface area contributed by atoms with Crippen LogP contribution in [0.5, 0.6) is 0 Å². The Kier molecular flexibility index (Phi) is 4.96. The van der Waals surface area contributed by atoms with Crippen molar-refractivity contribution < 1.29 is 0 Å². The number of hydrogen-bond acceptors (Lipinski definition) is 2. The summed E-state index contributed by atoms with van der Waals surface area (Å²) in [6.07, 6.45) is 4.17. The third kappa shape index (κ3) is 3.70. The molecule has 0 radical (unpaired) electrons. The van der Waals surface area contributed by atoms with Gasteiger partial charge in [-0.3, -0.25) is 4.68 Å². The maximum atomic E-state index is 4.48. The Morgan fingerprint density at radius 3 is 2.70 bits per heavy atom. The van der Waals surface area contributed by atoms with E-state index in [1.807, 2.05) is 11.7 Å². The van der Waals surface area contributed by atoms with Gasteiger partial charge in [0, 0.05) is 31.4 Å². The summed E-state index contributed by atoms with van der Waals surface area (Å²) in [5.41, 5.74) is 5.31. The molecule has 1 heterocycles. The van der Waals surface area contributed by atoms with Crippen LogP contribution in [0, 0.1) is 6.92 Å². The number of nitrogens with zero attached hydrogens (tertiary/aromatic N) is 2. The molecule has 0 fully saturated rings. The van der Waals surface area contributed by atoms with Crippen LogP contribution in [0.25, 0.3) is 0 Å². The normalized spacial score (nSPS) is 12.6. The summed E-state index contributed by atoms with van der Waals surface area (Å²) in [7, 11) is 1.99. The minimum atomic E-state index is 0.459. The maximum absolute atomic E-state index is 4.48. The fourth-order valence-electron chi connectivity index (χ4n) is 2.55. The molecular weight excluding hydrogens is 246 g/mol. The lowest BCUT2D eigenvalue weighted by Crippen LogP contribution is -2.28. The van der Waals surface area contributed by atoms with Gasteiger partial charge in [-0.1, -0.05) is 31.2 Å². The van der Waals surface area contributed by atoms with Crippen molar-refractivity contribution in [2.45, 2.75) is 46.2 Å². The largest absolute Gasteiger partial charge is 0.310 e. The second-order valence-corrected chi connectivity index (χ2v) is 5.54. The highest BCUT2D eigenvalue weighted by Crippen LogP contribution is 2.11. The van der Waals surface area contributed by atoms with E-state index >= 15 is 0 Å². The van der Waals surface area contributed by atoms with Crippen molar-refractivity contribution in [1.29, 1.82) is 0 Å². The molecule has 3 heteroatoms. The number of aryl methyl sites for hydroxylation is 3. The molecule has 1 aromatic heterocycles. The molecule has 1 aromatic carbocycles. The first-order valence-corrected chi connectivity index (χ1v) is 7.39. The second kappa shape index (κ2) is 6.71. The third-order valence-corrected chi connectivity index (χ3v) is 3.76. The Bertz CT molecular complexity index is 557. The lowest BCUT2D eigenvalue weighted by molar-refractivity contribution is 0.543. The topological polar surface area (TPSA) is 29.9 Å². The molecule has 0 saturated carbocycles. The van der Waals surface area contributed by atoms with Crippen molar-refractivity contribution in [2.75, 3.05) is 0 Å². The van der Waals surface area contributed by atoms with Gasteiger partial charge >= 0.3 is 0 Å². The van der Waals surface area contributed by atoms with Gasteiger partial charge < -0.3 is 5.32 Å². The zero-order valence-corrected chi connectivity index (χ0v) is 13.0. The summed E-state index contributed by atoms with van der Waals surface area (Å²) in [6, 6.07) is 9.07. The van der Waals surface area contributed by atoms with Gasteiger partial charge in [-0.05, 0) is 37.8 Å². The van der Waals surface area contributed by atoms with Gasteiger partial charge in [-0.25, -0.2) is 0 Å². The highest BCUT2D eigenvalue weighted by molar-refractivity contribution is 5.26. The molecule has 2 aromatic rings. The molecule has 0 aliphatic carbocycles. The summed E-state index contributed by atoms with van der Waals surface area (Å²) in [6.45, 7) is 7.47. The maximum Gasteiger partial charge on any atom is 0.0666 e. The van der Waals surface area contributed by atoms with Crippen molar-refractivity contribution in [3.05, 3.63) is 52.8 Å². The molecule has 2 rings (SSSR count). The molecule has 1 N–H and O–H groups in total. The van der Waals surface area contributed by atoms with Gasteiger partial charge in [0.1, 0.15) is 0 Å². The Labute approximate surface area is 122 Å². The van der Waals surface area contributed by atoms with E-state index in [4.69, 9.17) is 0 Å². The average Bonchev–Trinajstić information content (AvgIpc) is 2.79. The minimum absolute atomic E-state index is 0.459. The molecular formula is C17H25N3. The van der Waals surface area contributed by atoms with Gasteiger partial charge in [-0.2, -0.15) is 5.10 Å². The number of hydrogen-bond donors (Lipinski definition) is 1. The van der Waals surface area contributed by atoms with Crippen molar-refractivity contribution in [1.82, 2.24) is 15.1 Å². The average molecular weight is 271 g/mol. The van der Waals surface area contributed by atoms with Crippen LogP contribution in [0.3, 0.4) is 0 Å². The molecule has 20 heavy (non-hydrogen) atoms. The number of aromatic nitrogens is 2. The Hall–Kier alpha value is -1.61. The molecule has 1 atom stereocenters. The molecule has 0 spiro atoms. The van der Waals surface area contributed by atoms with Crippen LogP contribution in [0.15, 0.2) is 30.5 Å². The molecule has 3 nitrogen and oxygen atoms in total. The fraction of sp³-hybridized carbons (Fsp3) is 0.471. The molecule has 0 saturated heterocycles. The summed E-state index contributed by atoms with van der Waals surface area (Å²) in [4.78, 5) is 0. The van der Waals surface area contributed by atoms with Crippen LogP contribution in [0.4, 0.5) is 0 Å². The summed E-state index contributed by atoms with van der Waals surface area (Å²) in [5.74, 6) is 0. The highest BCUT2D eigenvalue weighted by atomic mass is 15.3. The van der Waals surface area contributed by atoms with Gasteiger partial charge in [0.15, 0.2) is 0 Å². The highest BCUT2D eigenvalue weighted by Gasteiger charge is 2.09. The van der Waals surface area contributed by atoms with Crippen molar-refractivity contribution in [3.8, 4) is 0 Å². The van der Waals surface area contributed by atoms with Crippen molar-refractivity contribution in [3.63, 3.8) is 0 Å². The van der Waals surface area contributed by atoms with Gasteiger partial charge in [0.2, 0.25) is 0 Å². The fourth-order valence-corrected chi connectivity index (χ4v) is 2.55. The number of nitrogens with one attached hydrogen (secondary N) is 1. The van der Waals surface area contributed by atoms with E-state index in [0.717, 1.165) is 19.4 Å². The van der Waals surface area contributed by atoms with Crippen LogP contribution in [-0.2, 0) is 26.4 Å². The van der Waals surface area contributed by atoms with Crippen LogP contribution in [0.2, 0.25) is 0 Å². The van der Waals surface area contributed by atoms with E-state index in [2.05, 4.69) is 61.6 Å². The van der Waals surface area contributed by atoms with E-state index in [1.54, 1.807) is 0 Å². The van der Waals surface area contributed by atoms with E-state index in [9.17, 15) is 0 Å². The smallest absolute Gasteiger partial charge is 0.0666 e. The molecule has 0 amide bonds. The monoisotopic (exact) mass is 271 g/mol. The van der Waals surface area contributed by atoms with Crippen LogP contribution >= 0.6 is 0 Å². The van der Waals surface area contributed by atoms with E-state index in [-0.39, 0.29) is 0 Å². The van der Waals surface area contributed by atoms with Gasteiger partial charge in [0.05, 0.1) is 5.69 Å². The quantitative estimate of drug-likeness (QED) is 0.875. The first-order valence-electron chi connectivity index (χ1n) is 7.39. The third-order valence-electron chi connectivity index (χ3n) is 3.76. The zero-order chi connectivity index (χ0) is 14.5.